The van der Waals surface area contributed by atoms with E-state index in [2.05, 4.69) is 5.73 Å². The number of hydrogen-bond acceptors (Lipinski definition) is 3. The van der Waals surface area contributed by atoms with Crippen molar-refractivity contribution in [2.24, 2.45) is 5.73 Å². The van der Waals surface area contributed by atoms with Gasteiger partial charge >= 0.3 is 0 Å². The molecule has 0 rings (SSSR count). The summed E-state index contributed by atoms with van der Waals surface area (Å²) in [6.45, 7) is -0.389. The summed E-state index contributed by atoms with van der Waals surface area (Å²) in [4.78, 5) is 9.13. The maximum absolute atomic E-state index is 9.13. The Kier molecular flexibility index (Phi) is 7.92. The number of aliphatic carboxylic acids is 1. The molecule has 0 aliphatic carbocycles. The minimum Gasteiger partial charge on any atom is -0.549 e. The molecule has 0 heterocycles. The van der Waals surface area contributed by atoms with Gasteiger partial charge in [0.15, 0.2) is 0 Å². The molecule has 0 unspecified atom stereocenters. The van der Waals surface area contributed by atoms with Crippen molar-refractivity contribution < 1.29 is 29.4 Å². The first-order valence-electron chi connectivity index (χ1n) is 1.17. The molecule has 0 aromatic heterocycles. The molecule has 0 aliphatic rings. The summed E-state index contributed by atoms with van der Waals surface area (Å²) in [5.41, 5.74) is 4.51. The summed E-state index contributed by atoms with van der Waals surface area (Å²) in [6.07, 6.45) is 0. The second-order valence-electron chi connectivity index (χ2n) is 0.576. The molecule has 4 heteroatoms. The third-order valence-electron chi connectivity index (χ3n) is 0.167. The summed E-state index contributed by atoms with van der Waals surface area (Å²) in [7, 11) is 0. The fraction of sp³-hybridized carbons (Fsp3) is 0.500. The van der Waals surface area contributed by atoms with Gasteiger partial charge < -0.3 is 15.6 Å². The van der Waals surface area contributed by atoms with Crippen molar-refractivity contribution in [3.63, 3.8) is 0 Å². The fourth-order valence-corrected chi connectivity index (χ4v) is 0. The van der Waals surface area contributed by atoms with E-state index in [1.54, 1.807) is 0 Å². The summed E-state index contributed by atoms with van der Waals surface area (Å²) < 4.78 is 0. The summed E-state index contributed by atoms with van der Waals surface area (Å²) in [5, 5.41) is 9.13. The van der Waals surface area contributed by atoms with Crippen molar-refractivity contribution in [3.8, 4) is 0 Å². The van der Waals surface area contributed by atoms with E-state index in [0.29, 0.717) is 0 Å². The average molecular weight is 139 g/mol. The van der Waals surface area contributed by atoms with Crippen molar-refractivity contribution in [2.45, 2.75) is 0 Å². The Morgan fingerprint density at radius 2 is 2.00 bits per heavy atom. The van der Waals surface area contributed by atoms with E-state index in [-0.39, 0.29) is 26.0 Å². The van der Waals surface area contributed by atoms with Gasteiger partial charge in [0, 0.05) is 26.0 Å². The number of rotatable bonds is 1. The smallest absolute Gasteiger partial charge is 0.0550 e. The third kappa shape index (κ3) is 8.96. The fourth-order valence-electron chi connectivity index (χ4n) is 0. The first kappa shape index (κ1) is 9.41. The van der Waals surface area contributed by atoms with Crippen molar-refractivity contribution in [1.82, 2.24) is 0 Å². The minimum atomic E-state index is -1.22. The van der Waals surface area contributed by atoms with E-state index < -0.39 is 5.97 Å². The normalized spacial score (nSPS) is 6.17. The molecular weight excluding hydrogens is 135 g/mol. The van der Waals surface area contributed by atoms with E-state index >= 15 is 0 Å². The second-order valence-corrected chi connectivity index (χ2v) is 0.576. The van der Waals surface area contributed by atoms with Crippen molar-refractivity contribution in [3.05, 3.63) is 0 Å². The molecule has 0 spiro atoms. The van der Waals surface area contributed by atoms with Gasteiger partial charge in [-0.1, -0.05) is 0 Å². The predicted octanol–water partition coefficient (Wildman–Crippen LogP) is -2.31. The van der Waals surface area contributed by atoms with Crippen LogP contribution in [0.5, 0.6) is 0 Å². The molecule has 0 atom stereocenters. The quantitative estimate of drug-likeness (QED) is 0.415. The molecule has 0 aromatic rings. The molecule has 0 bridgehead atoms. The van der Waals surface area contributed by atoms with E-state index in [9.17, 15) is 0 Å². The Hall–Kier alpha value is 0.0534. The van der Waals surface area contributed by atoms with E-state index in [4.69, 9.17) is 9.90 Å². The van der Waals surface area contributed by atoms with E-state index in [1.165, 1.54) is 0 Å². The Bertz CT molecular complexity index is 46.8. The van der Waals surface area contributed by atoms with Crippen LogP contribution in [0.3, 0.4) is 0 Å². The summed E-state index contributed by atoms with van der Waals surface area (Å²) >= 11 is 0. The Labute approximate surface area is 48.3 Å². The van der Waals surface area contributed by atoms with Crippen LogP contribution in [0.25, 0.3) is 0 Å². The van der Waals surface area contributed by atoms with Gasteiger partial charge in [0.05, 0.1) is 5.97 Å². The van der Waals surface area contributed by atoms with Crippen LogP contribution in [0.4, 0.5) is 0 Å². The molecule has 0 amide bonds. The third-order valence-corrected chi connectivity index (χ3v) is 0.167. The van der Waals surface area contributed by atoms with Gasteiger partial charge in [-0.15, -0.1) is 0 Å². The Balaban J connectivity index is 0. The van der Waals surface area contributed by atoms with Gasteiger partial charge in [-0.2, -0.15) is 0 Å². The molecule has 3 nitrogen and oxygen atoms in total. The number of carbonyl (C=O) groups excluding carboxylic acids is 1. The van der Waals surface area contributed by atoms with Gasteiger partial charge in [-0.3, -0.25) is 0 Å². The van der Waals surface area contributed by atoms with Crippen molar-refractivity contribution in [2.75, 3.05) is 6.54 Å². The van der Waals surface area contributed by atoms with Crippen molar-refractivity contribution in [1.29, 1.82) is 0 Å². The standard InChI is InChI=1S/C2H5NO2.Zn/c3-1-2(4)5;/h1,3H2,(H,4,5);/p-1. The van der Waals surface area contributed by atoms with Gasteiger partial charge in [0.25, 0.3) is 0 Å². The monoisotopic (exact) mass is 138 g/mol. The molecule has 0 aromatic carbocycles. The number of nitrogens with two attached hydrogens (primary N) is 1. The maximum atomic E-state index is 9.13. The van der Waals surface area contributed by atoms with Crippen LogP contribution < -0.4 is 10.8 Å². The molecule has 0 radical (unpaired) electrons. The SMILES string of the molecule is NCC(=O)[O-].[Zn]. The largest absolute Gasteiger partial charge is 0.549 e. The van der Waals surface area contributed by atoms with Crippen LogP contribution in [-0.2, 0) is 24.3 Å². The molecule has 6 heavy (non-hydrogen) atoms. The predicted molar refractivity (Wildman–Crippen MR) is 14.1 cm³/mol. The maximum Gasteiger partial charge on any atom is 0.0550 e. The zero-order valence-corrected chi connectivity index (χ0v) is 6.28. The van der Waals surface area contributed by atoms with Gasteiger partial charge in [0.1, 0.15) is 0 Å². The van der Waals surface area contributed by atoms with E-state index in [1.807, 2.05) is 0 Å². The Morgan fingerprint density at radius 1 is 1.83 bits per heavy atom. The number of carboxylic acids is 1. The van der Waals surface area contributed by atoms with Crippen LogP contribution in [0.15, 0.2) is 0 Å². The number of carbonyl (C=O) groups is 1. The first-order chi connectivity index (χ1) is 2.27. The average Bonchev–Trinajstić information content (AvgIpc) is 1.38. The first-order valence-corrected chi connectivity index (χ1v) is 1.17. The molecular formula is C2H4NO2Zn-. The molecule has 32 valence electrons. The zero-order chi connectivity index (χ0) is 4.28. The Morgan fingerprint density at radius 3 is 2.00 bits per heavy atom. The number of hydrogen-bond donors (Lipinski definition) is 1. The molecule has 0 aliphatic heterocycles. The molecule has 2 N–H and O–H groups in total. The topological polar surface area (TPSA) is 66.2 Å². The van der Waals surface area contributed by atoms with E-state index in [0.717, 1.165) is 0 Å². The van der Waals surface area contributed by atoms with Crippen LogP contribution in [0.2, 0.25) is 0 Å². The molecule has 0 saturated heterocycles. The number of carboxylic acid groups (broad SMARTS) is 1. The second kappa shape index (κ2) is 5.05. The van der Waals surface area contributed by atoms with Crippen LogP contribution in [0.1, 0.15) is 0 Å². The van der Waals surface area contributed by atoms with Crippen LogP contribution in [-0.4, -0.2) is 12.5 Å². The van der Waals surface area contributed by atoms with Crippen molar-refractivity contribution >= 4 is 5.97 Å². The summed E-state index contributed by atoms with van der Waals surface area (Å²) in [5.74, 6) is -1.22. The van der Waals surface area contributed by atoms with Gasteiger partial charge in [-0.05, 0) is 0 Å². The minimum absolute atomic E-state index is 0. The zero-order valence-electron chi connectivity index (χ0n) is 3.31. The summed E-state index contributed by atoms with van der Waals surface area (Å²) in [6, 6.07) is 0. The van der Waals surface area contributed by atoms with Crippen LogP contribution >= 0.6 is 0 Å². The van der Waals surface area contributed by atoms with Gasteiger partial charge in [-0.25, -0.2) is 0 Å². The van der Waals surface area contributed by atoms with Gasteiger partial charge in [0.2, 0.25) is 0 Å². The van der Waals surface area contributed by atoms with Crippen LogP contribution in [0, 0.1) is 0 Å². The molecule has 0 fully saturated rings. The molecule has 0 saturated carbocycles.